The van der Waals surface area contributed by atoms with E-state index in [4.69, 9.17) is 10.00 Å². The number of hydrogen-bond donors (Lipinski definition) is 1. The number of carbonyl (C=O) groups excluding carboxylic acids is 1. The summed E-state index contributed by atoms with van der Waals surface area (Å²) in [6.45, 7) is 1.88. The third-order valence-electron chi connectivity index (χ3n) is 3.57. The van der Waals surface area contributed by atoms with Crippen molar-refractivity contribution in [2.24, 2.45) is 7.05 Å². The summed E-state index contributed by atoms with van der Waals surface area (Å²) in [6, 6.07) is 8.27. The Bertz CT molecular complexity index is 795. The van der Waals surface area contributed by atoms with Crippen LogP contribution in [0.4, 0.5) is 0 Å². The molecule has 22 heavy (non-hydrogen) atoms. The van der Waals surface area contributed by atoms with Crippen LogP contribution in [0.25, 0.3) is 6.08 Å². The minimum absolute atomic E-state index is 0.0133. The minimum atomic E-state index is -0.208. The van der Waals surface area contributed by atoms with Crippen LogP contribution in [0.3, 0.4) is 0 Å². The van der Waals surface area contributed by atoms with Gasteiger partial charge in [-0.2, -0.15) is 5.26 Å². The summed E-state index contributed by atoms with van der Waals surface area (Å²) in [6.07, 6.45) is 3.12. The van der Waals surface area contributed by atoms with E-state index in [-0.39, 0.29) is 17.3 Å². The average molecular weight is 296 g/mol. The minimum Gasteiger partial charge on any atom is -0.504 e. The van der Waals surface area contributed by atoms with Crippen LogP contribution < -0.4 is 4.74 Å². The Kier molecular flexibility index (Phi) is 4.33. The molecule has 0 bridgehead atoms. The number of aromatic nitrogens is 1. The summed E-state index contributed by atoms with van der Waals surface area (Å²) in [5, 5.41) is 18.5. The topological polar surface area (TPSA) is 75.2 Å². The van der Waals surface area contributed by atoms with Gasteiger partial charge in [0, 0.05) is 18.3 Å². The Hall–Kier alpha value is -3.00. The van der Waals surface area contributed by atoms with Gasteiger partial charge in [-0.15, -0.1) is 0 Å². The monoisotopic (exact) mass is 296 g/mol. The third kappa shape index (κ3) is 2.86. The molecule has 5 heteroatoms. The van der Waals surface area contributed by atoms with E-state index >= 15 is 0 Å². The normalized spacial score (nSPS) is 10.6. The second-order valence-corrected chi connectivity index (χ2v) is 4.83. The van der Waals surface area contributed by atoms with Gasteiger partial charge in [0.25, 0.3) is 0 Å². The fourth-order valence-corrected chi connectivity index (χ4v) is 2.09. The van der Waals surface area contributed by atoms with Crippen LogP contribution in [0.5, 0.6) is 11.5 Å². The highest BCUT2D eigenvalue weighted by Gasteiger charge is 2.09. The van der Waals surface area contributed by atoms with Crippen molar-refractivity contribution in [1.82, 2.24) is 4.57 Å². The third-order valence-corrected chi connectivity index (χ3v) is 3.57. The molecule has 1 heterocycles. The number of benzene rings is 1. The van der Waals surface area contributed by atoms with Crippen molar-refractivity contribution in [2.75, 3.05) is 7.11 Å². The van der Waals surface area contributed by atoms with Crippen molar-refractivity contribution in [3.63, 3.8) is 0 Å². The maximum atomic E-state index is 12.2. The highest BCUT2D eigenvalue weighted by atomic mass is 16.5. The standard InChI is InChI=1S/C17H16N2O3/c1-11-12(8-14(10-18)19(11)2)4-6-15(20)13-5-7-16(21)17(9-13)22-3/h4-9,21H,1-3H3/b6-4+. The molecule has 0 fully saturated rings. The van der Waals surface area contributed by atoms with Gasteiger partial charge in [-0.1, -0.05) is 0 Å². The molecule has 2 aromatic rings. The van der Waals surface area contributed by atoms with Gasteiger partial charge < -0.3 is 14.4 Å². The number of carbonyl (C=O) groups is 1. The van der Waals surface area contributed by atoms with Crippen LogP contribution in [0.1, 0.15) is 27.3 Å². The lowest BCUT2D eigenvalue weighted by molar-refractivity contribution is 0.104. The molecule has 0 atom stereocenters. The Balaban J connectivity index is 2.27. The molecule has 1 N–H and O–H groups in total. The Morgan fingerprint density at radius 3 is 2.73 bits per heavy atom. The number of methoxy groups -OCH3 is 1. The predicted molar refractivity (Wildman–Crippen MR) is 82.9 cm³/mol. The predicted octanol–water partition coefficient (Wildman–Crippen LogP) is 2.82. The smallest absolute Gasteiger partial charge is 0.185 e. The second kappa shape index (κ2) is 6.19. The summed E-state index contributed by atoms with van der Waals surface area (Å²) in [7, 11) is 3.23. The Labute approximate surface area is 128 Å². The number of nitriles is 1. The first kappa shape index (κ1) is 15.4. The van der Waals surface area contributed by atoms with E-state index in [2.05, 4.69) is 6.07 Å². The van der Waals surface area contributed by atoms with Crippen LogP contribution in [0.2, 0.25) is 0 Å². The first-order valence-corrected chi connectivity index (χ1v) is 6.63. The molecule has 2 rings (SSSR count). The molecule has 0 aliphatic heterocycles. The summed E-state index contributed by atoms with van der Waals surface area (Å²) < 4.78 is 6.76. The van der Waals surface area contributed by atoms with Crippen molar-refractivity contribution in [3.8, 4) is 17.6 Å². The molecule has 0 saturated carbocycles. The van der Waals surface area contributed by atoms with Crippen molar-refractivity contribution in [1.29, 1.82) is 5.26 Å². The number of nitrogens with zero attached hydrogens (tertiary/aromatic N) is 2. The summed E-state index contributed by atoms with van der Waals surface area (Å²) in [5.74, 6) is 0.0302. The lowest BCUT2D eigenvalue weighted by Gasteiger charge is -2.04. The number of rotatable bonds is 4. The molecule has 1 aromatic carbocycles. The number of ether oxygens (including phenoxy) is 1. The summed E-state index contributed by atoms with van der Waals surface area (Å²) >= 11 is 0. The number of allylic oxidation sites excluding steroid dienone is 1. The van der Waals surface area contributed by atoms with Gasteiger partial charge in [-0.3, -0.25) is 4.79 Å². The van der Waals surface area contributed by atoms with Gasteiger partial charge in [0.2, 0.25) is 0 Å². The fraction of sp³-hybridized carbons (Fsp3) is 0.176. The lowest BCUT2D eigenvalue weighted by Crippen LogP contribution is -1.96. The number of phenolic OH excluding ortho intramolecular Hbond substituents is 1. The molecule has 0 amide bonds. The molecule has 0 radical (unpaired) electrons. The Morgan fingerprint density at radius 1 is 1.41 bits per heavy atom. The molecule has 0 spiro atoms. The first-order valence-electron chi connectivity index (χ1n) is 6.63. The number of ketones is 1. The molecule has 0 unspecified atom stereocenters. The van der Waals surface area contributed by atoms with E-state index in [1.165, 1.54) is 31.4 Å². The van der Waals surface area contributed by atoms with Gasteiger partial charge in [0.15, 0.2) is 17.3 Å². The molecule has 5 nitrogen and oxygen atoms in total. The van der Waals surface area contributed by atoms with Gasteiger partial charge in [0.1, 0.15) is 11.8 Å². The van der Waals surface area contributed by atoms with E-state index in [1.807, 2.05) is 6.92 Å². The van der Waals surface area contributed by atoms with E-state index < -0.39 is 0 Å². The van der Waals surface area contributed by atoms with Gasteiger partial charge in [0.05, 0.1) is 7.11 Å². The van der Waals surface area contributed by atoms with Gasteiger partial charge in [-0.25, -0.2) is 0 Å². The molecule has 0 aliphatic carbocycles. The molecular formula is C17H16N2O3. The van der Waals surface area contributed by atoms with Crippen molar-refractivity contribution < 1.29 is 14.6 Å². The average Bonchev–Trinajstić information content (AvgIpc) is 2.80. The maximum Gasteiger partial charge on any atom is 0.185 e. The maximum absolute atomic E-state index is 12.2. The highest BCUT2D eigenvalue weighted by molar-refractivity contribution is 6.07. The van der Waals surface area contributed by atoms with Crippen LogP contribution in [-0.2, 0) is 7.05 Å². The van der Waals surface area contributed by atoms with Crippen molar-refractivity contribution >= 4 is 11.9 Å². The molecule has 1 aromatic heterocycles. The zero-order chi connectivity index (χ0) is 16.3. The van der Waals surface area contributed by atoms with E-state index in [1.54, 1.807) is 23.8 Å². The Morgan fingerprint density at radius 2 is 2.14 bits per heavy atom. The molecule has 0 aliphatic rings. The zero-order valence-corrected chi connectivity index (χ0v) is 12.6. The van der Waals surface area contributed by atoms with E-state index in [9.17, 15) is 9.90 Å². The summed E-state index contributed by atoms with van der Waals surface area (Å²) in [4.78, 5) is 12.2. The van der Waals surface area contributed by atoms with Crippen LogP contribution in [0, 0.1) is 18.3 Å². The van der Waals surface area contributed by atoms with Gasteiger partial charge >= 0.3 is 0 Å². The second-order valence-electron chi connectivity index (χ2n) is 4.83. The van der Waals surface area contributed by atoms with E-state index in [0.29, 0.717) is 11.3 Å². The SMILES string of the molecule is COc1cc(C(=O)/C=C/c2cc(C#N)n(C)c2C)ccc1O. The van der Waals surface area contributed by atoms with E-state index in [0.717, 1.165) is 11.3 Å². The quantitative estimate of drug-likeness (QED) is 0.695. The highest BCUT2D eigenvalue weighted by Crippen LogP contribution is 2.26. The number of phenols is 1. The summed E-state index contributed by atoms with van der Waals surface area (Å²) in [5.41, 5.74) is 2.68. The van der Waals surface area contributed by atoms with Crippen LogP contribution >= 0.6 is 0 Å². The number of hydrogen-bond acceptors (Lipinski definition) is 4. The fourth-order valence-electron chi connectivity index (χ4n) is 2.09. The van der Waals surface area contributed by atoms with Crippen LogP contribution in [0.15, 0.2) is 30.3 Å². The molecule has 0 saturated heterocycles. The zero-order valence-electron chi connectivity index (χ0n) is 12.6. The first-order chi connectivity index (χ1) is 10.5. The largest absolute Gasteiger partial charge is 0.504 e. The van der Waals surface area contributed by atoms with Crippen molar-refractivity contribution in [3.05, 3.63) is 52.9 Å². The van der Waals surface area contributed by atoms with Crippen molar-refractivity contribution in [2.45, 2.75) is 6.92 Å². The van der Waals surface area contributed by atoms with Crippen LogP contribution in [-0.4, -0.2) is 22.6 Å². The molecular weight excluding hydrogens is 280 g/mol. The van der Waals surface area contributed by atoms with Gasteiger partial charge in [-0.05, 0) is 48.9 Å². The lowest BCUT2D eigenvalue weighted by atomic mass is 10.1. The molecule has 112 valence electrons. The number of aromatic hydroxyl groups is 1.